The summed E-state index contributed by atoms with van der Waals surface area (Å²) in [5, 5.41) is 2.88. The molecule has 1 aliphatic heterocycles. The van der Waals surface area contributed by atoms with E-state index in [2.05, 4.69) is 5.32 Å². The Hall–Kier alpha value is -1.76. The van der Waals surface area contributed by atoms with Gasteiger partial charge in [0.15, 0.2) is 6.10 Å². The molecule has 0 saturated heterocycles. The second-order valence-electron chi connectivity index (χ2n) is 6.94. The quantitative estimate of drug-likeness (QED) is 0.891. The fraction of sp³-hybridized carbons (Fsp3) is 0.562. The molecule has 128 valence electrons. The van der Waals surface area contributed by atoms with Crippen molar-refractivity contribution in [3.8, 4) is 5.75 Å². The van der Waals surface area contributed by atoms with Gasteiger partial charge < -0.3 is 10.1 Å². The molecule has 0 aromatic heterocycles. The molecule has 1 aromatic rings. The summed E-state index contributed by atoms with van der Waals surface area (Å²) in [7, 11) is -3.44. The Morgan fingerprint density at radius 2 is 2.00 bits per heavy atom. The summed E-state index contributed by atoms with van der Waals surface area (Å²) in [6.07, 6.45) is 0.736. The summed E-state index contributed by atoms with van der Waals surface area (Å²) < 4.78 is 31.3. The van der Waals surface area contributed by atoms with Crippen LogP contribution in [0.15, 0.2) is 18.2 Å². The molecule has 0 radical (unpaired) electrons. The number of aryl methyl sites for hydroxylation is 1. The van der Waals surface area contributed by atoms with Gasteiger partial charge in [-0.3, -0.25) is 9.10 Å². The van der Waals surface area contributed by atoms with Crippen molar-refractivity contribution in [3.05, 3.63) is 23.8 Å². The minimum absolute atomic E-state index is 0.206. The molecule has 1 aromatic carbocycles. The highest BCUT2D eigenvalue weighted by Gasteiger charge is 2.32. The zero-order valence-electron chi connectivity index (χ0n) is 14.2. The molecule has 1 atom stereocenters. The number of benzene rings is 1. The van der Waals surface area contributed by atoms with Gasteiger partial charge in [-0.15, -0.1) is 0 Å². The summed E-state index contributed by atoms with van der Waals surface area (Å²) in [5.41, 5.74) is 1.04. The molecule has 0 saturated carbocycles. The van der Waals surface area contributed by atoms with E-state index in [4.69, 9.17) is 4.74 Å². The molecule has 23 heavy (non-hydrogen) atoms. The van der Waals surface area contributed by atoms with Gasteiger partial charge in [0, 0.05) is 18.5 Å². The van der Waals surface area contributed by atoms with Gasteiger partial charge in [-0.2, -0.15) is 0 Å². The molecule has 0 fully saturated rings. The molecule has 1 amide bonds. The van der Waals surface area contributed by atoms with Crippen LogP contribution in [0.5, 0.6) is 5.75 Å². The van der Waals surface area contributed by atoms with E-state index >= 15 is 0 Å². The molecule has 7 heteroatoms. The molecule has 0 aliphatic carbocycles. The van der Waals surface area contributed by atoms with Gasteiger partial charge in [0.05, 0.1) is 11.9 Å². The van der Waals surface area contributed by atoms with Crippen molar-refractivity contribution < 1.29 is 17.9 Å². The maximum Gasteiger partial charge on any atom is 0.261 e. The van der Waals surface area contributed by atoms with Crippen LogP contribution in [0.4, 0.5) is 5.69 Å². The molecule has 0 unspecified atom stereocenters. The van der Waals surface area contributed by atoms with Crippen molar-refractivity contribution in [1.82, 2.24) is 5.32 Å². The van der Waals surface area contributed by atoms with E-state index in [1.54, 1.807) is 12.1 Å². The zero-order valence-corrected chi connectivity index (χ0v) is 15.0. The number of carbonyl (C=O) groups excluding carboxylic acids is 1. The van der Waals surface area contributed by atoms with Crippen LogP contribution in [0.3, 0.4) is 0 Å². The third-order valence-electron chi connectivity index (χ3n) is 3.44. The monoisotopic (exact) mass is 340 g/mol. The van der Waals surface area contributed by atoms with E-state index in [-0.39, 0.29) is 18.0 Å². The number of fused-ring (bicyclic) bond motifs is 1. The first kappa shape index (κ1) is 17.6. The number of hydrogen-bond donors (Lipinski definition) is 1. The maximum absolute atomic E-state index is 12.4. The SMILES string of the molecule is Cc1ccc2c(c1)N(S(C)(=O)=O)CC[C@H](C(=O)NC(C)(C)C)O2. The summed E-state index contributed by atoms with van der Waals surface area (Å²) in [6.45, 7) is 7.76. The molecule has 1 N–H and O–H groups in total. The molecular weight excluding hydrogens is 316 g/mol. The van der Waals surface area contributed by atoms with Gasteiger partial charge in [-0.25, -0.2) is 8.42 Å². The lowest BCUT2D eigenvalue weighted by Gasteiger charge is -2.24. The molecule has 0 spiro atoms. The number of nitrogens with zero attached hydrogens (tertiary/aromatic N) is 1. The normalized spacial score (nSPS) is 18.7. The topological polar surface area (TPSA) is 75.7 Å². The molecule has 1 aliphatic rings. The third kappa shape index (κ3) is 4.37. The number of nitrogens with one attached hydrogen (secondary N) is 1. The Morgan fingerprint density at radius 3 is 2.57 bits per heavy atom. The van der Waals surface area contributed by atoms with Crippen molar-refractivity contribution in [1.29, 1.82) is 0 Å². The van der Waals surface area contributed by atoms with Gasteiger partial charge in [0.1, 0.15) is 5.75 Å². The predicted octanol–water partition coefficient (Wildman–Crippen LogP) is 1.83. The number of carbonyl (C=O) groups is 1. The zero-order chi connectivity index (χ0) is 17.4. The first-order chi connectivity index (χ1) is 10.5. The average Bonchev–Trinajstić information content (AvgIpc) is 2.55. The van der Waals surface area contributed by atoms with Crippen LogP contribution in [0.25, 0.3) is 0 Å². The van der Waals surface area contributed by atoms with E-state index in [0.29, 0.717) is 17.9 Å². The molecule has 6 nitrogen and oxygen atoms in total. The lowest BCUT2D eigenvalue weighted by molar-refractivity contribution is -0.129. The van der Waals surface area contributed by atoms with Crippen LogP contribution in [-0.4, -0.2) is 38.8 Å². The molecular formula is C16H24N2O4S. The van der Waals surface area contributed by atoms with Gasteiger partial charge >= 0.3 is 0 Å². The Kier molecular flexibility index (Phi) is 4.61. The Morgan fingerprint density at radius 1 is 1.35 bits per heavy atom. The summed E-state index contributed by atoms with van der Waals surface area (Å²) >= 11 is 0. The first-order valence-electron chi connectivity index (χ1n) is 7.54. The number of anilines is 1. The van der Waals surface area contributed by atoms with E-state index in [0.717, 1.165) is 11.8 Å². The predicted molar refractivity (Wildman–Crippen MR) is 90.3 cm³/mol. The van der Waals surface area contributed by atoms with Crippen LogP contribution in [-0.2, 0) is 14.8 Å². The highest BCUT2D eigenvalue weighted by molar-refractivity contribution is 7.92. The second-order valence-corrected chi connectivity index (χ2v) is 8.85. The number of rotatable bonds is 2. The standard InChI is InChI=1S/C16H24N2O4S/c1-11-6-7-13-12(10-11)18(23(5,20)21)9-8-14(22-13)15(19)17-16(2,3)4/h6-7,10,14H,8-9H2,1-5H3,(H,17,19)/t14-/m1/s1. The highest BCUT2D eigenvalue weighted by atomic mass is 32.2. The lowest BCUT2D eigenvalue weighted by atomic mass is 10.1. The minimum atomic E-state index is -3.44. The van der Waals surface area contributed by atoms with Crippen molar-refractivity contribution in [3.63, 3.8) is 0 Å². The maximum atomic E-state index is 12.4. The van der Waals surface area contributed by atoms with Crippen LogP contribution >= 0.6 is 0 Å². The average molecular weight is 340 g/mol. The van der Waals surface area contributed by atoms with Gasteiger partial charge in [0.2, 0.25) is 10.0 Å². The number of amides is 1. The Bertz CT molecular complexity index is 707. The van der Waals surface area contributed by atoms with E-state index in [9.17, 15) is 13.2 Å². The van der Waals surface area contributed by atoms with Crippen LogP contribution in [0.2, 0.25) is 0 Å². The number of hydrogen-bond acceptors (Lipinski definition) is 4. The molecule has 2 rings (SSSR count). The van der Waals surface area contributed by atoms with Crippen LogP contribution in [0.1, 0.15) is 32.8 Å². The van der Waals surface area contributed by atoms with Crippen molar-refractivity contribution >= 4 is 21.6 Å². The van der Waals surface area contributed by atoms with Gasteiger partial charge in [-0.1, -0.05) is 6.07 Å². The first-order valence-corrected chi connectivity index (χ1v) is 9.39. The van der Waals surface area contributed by atoms with E-state index < -0.39 is 16.1 Å². The van der Waals surface area contributed by atoms with Crippen LogP contribution < -0.4 is 14.4 Å². The number of sulfonamides is 1. The summed E-state index contributed by atoms with van der Waals surface area (Å²) in [4.78, 5) is 12.4. The minimum Gasteiger partial charge on any atom is -0.478 e. The van der Waals surface area contributed by atoms with Crippen molar-refractivity contribution in [2.75, 3.05) is 17.1 Å². The Labute approximate surface area is 137 Å². The molecule has 1 heterocycles. The van der Waals surface area contributed by atoms with E-state index in [1.807, 2.05) is 33.8 Å². The van der Waals surface area contributed by atoms with E-state index in [1.165, 1.54) is 4.31 Å². The van der Waals surface area contributed by atoms with Crippen LogP contribution in [0, 0.1) is 6.92 Å². The lowest BCUT2D eigenvalue weighted by Crippen LogP contribution is -2.48. The fourth-order valence-corrected chi connectivity index (χ4v) is 3.41. The molecule has 0 bridgehead atoms. The second kappa shape index (κ2) is 6.03. The van der Waals surface area contributed by atoms with Crippen molar-refractivity contribution in [2.24, 2.45) is 0 Å². The summed E-state index contributed by atoms with van der Waals surface area (Å²) in [6, 6.07) is 5.31. The third-order valence-corrected chi connectivity index (χ3v) is 4.62. The van der Waals surface area contributed by atoms with Gasteiger partial charge in [0.25, 0.3) is 5.91 Å². The van der Waals surface area contributed by atoms with Crippen molar-refractivity contribution in [2.45, 2.75) is 45.8 Å². The fourth-order valence-electron chi connectivity index (χ4n) is 2.47. The number of ether oxygens (including phenoxy) is 1. The van der Waals surface area contributed by atoms with Gasteiger partial charge in [-0.05, 0) is 45.4 Å². The largest absolute Gasteiger partial charge is 0.478 e. The summed E-state index contributed by atoms with van der Waals surface area (Å²) in [5.74, 6) is 0.173. The highest BCUT2D eigenvalue weighted by Crippen LogP contribution is 2.35. The smallest absolute Gasteiger partial charge is 0.261 e. The Balaban J connectivity index is 2.37.